The van der Waals surface area contributed by atoms with Gasteiger partial charge in [-0.05, 0) is 37.6 Å². The number of anilines is 2. The van der Waals surface area contributed by atoms with E-state index in [0.717, 1.165) is 30.7 Å². The molecule has 0 saturated heterocycles. The van der Waals surface area contributed by atoms with E-state index in [1.165, 1.54) is 11.3 Å². The number of nitrogens with one attached hydrogen (secondary N) is 2. The van der Waals surface area contributed by atoms with Crippen molar-refractivity contribution >= 4 is 28.1 Å². The Morgan fingerprint density at radius 2 is 2.00 bits per heavy atom. The highest BCUT2D eigenvalue weighted by molar-refractivity contribution is 7.14. The molecule has 0 fully saturated rings. The summed E-state index contributed by atoms with van der Waals surface area (Å²) in [6.07, 6.45) is 3.27. The maximum Gasteiger partial charge on any atom is 0.270 e. The van der Waals surface area contributed by atoms with E-state index in [-0.39, 0.29) is 5.91 Å². The number of nitrogens with zero attached hydrogens (tertiary/aromatic N) is 1. The third-order valence-electron chi connectivity index (χ3n) is 3.22. The largest absolute Gasteiger partial charge is 0.494 e. The van der Waals surface area contributed by atoms with Gasteiger partial charge in [-0.2, -0.15) is 0 Å². The molecule has 0 atom stereocenters. The molecule has 0 aliphatic carbocycles. The maximum atomic E-state index is 12.0. The number of thiazole rings is 1. The summed E-state index contributed by atoms with van der Waals surface area (Å²) in [5.41, 5.74) is 1.37. The Hall–Kier alpha value is -2.08. The number of aromatic nitrogens is 1. The van der Waals surface area contributed by atoms with Crippen molar-refractivity contribution in [2.75, 3.05) is 18.5 Å². The molecule has 0 bridgehead atoms. The number of rotatable bonds is 9. The summed E-state index contributed by atoms with van der Waals surface area (Å²) >= 11 is 1.42. The van der Waals surface area contributed by atoms with E-state index in [1.807, 2.05) is 31.2 Å². The van der Waals surface area contributed by atoms with Gasteiger partial charge in [0.25, 0.3) is 5.91 Å². The van der Waals surface area contributed by atoms with Gasteiger partial charge in [-0.25, -0.2) is 4.98 Å². The number of ether oxygens (including phenoxy) is 1. The van der Waals surface area contributed by atoms with Gasteiger partial charge < -0.3 is 15.4 Å². The number of hydrogen-bond donors (Lipinski definition) is 2. The Morgan fingerprint density at radius 1 is 1.22 bits per heavy atom. The molecule has 0 saturated carbocycles. The zero-order valence-corrected chi connectivity index (χ0v) is 14.4. The third-order valence-corrected chi connectivity index (χ3v) is 3.98. The Morgan fingerprint density at radius 3 is 2.70 bits per heavy atom. The number of carbonyl (C=O) groups is 1. The van der Waals surface area contributed by atoms with Gasteiger partial charge in [-0.15, -0.1) is 11.3 Å². The summed E-state index contributed by atoms with van der Waals surface area (Å²) in [5, 5.41) is 8.56. The Labute approximate surface area is 141 Å². The number of carbonyl (C=O) groups excluding carboxylic acids is 1. The molecule has 1 aromatic heterocycles. The van der Waals surface area contributed by atoms with Crippen molar-refractivity contribution in [3.05, 3.63) is 35.3 Å². The molecule has 5 nitrogen and oxygen atoms in total. The fourth-order valence-electron chi connectivity index (χ4n) is 2.03. The molecule has 1 aromatic carbocycles. The Kier molecular flexibility index (Phi) is 6.87. The second kappa shape index (κ2) is 9.15. The van der Waals surface area contributed by atoms with Gasteiger partial charge >= 0.3 is 0 Å². The van der Waals surface area contributed by atoms with Crippen LogP contribution in [0.4, 0.5) is 10.8 Å². The minimum atomic E-state index is -0.114. The van der Waals surface area contributed by atoms with Gasteiger partial charge in [-0.1, -0.05) is 19.8 Å². The lowest BCUT2D eigenvalue weighted by Crippen LogP contribution is -2.24. The Balaban J connectivity index is 1.87. The van der Waals surface area contributed by atoms with Crippen LogP contribution in [-0.2, 0) is 0 Å². The van der Waals surface area contributed by atoms with Gasteiger partial charge in [0.2, 0.25) is 0 Å². The summed E-state index contributed by atoms with van der Waals surface area (Å²) in [4.78, 5) is 16.3. The minimum Gasteiger partial charge on any atom is -0.494 e. The number of hydrogen-bond acceptors (Lipinski definition) is 5. The number of benzene rings is 1. The average molecular weight is 333 g/mol. The molecule has 0 unspecified atom stereocenters. The first kappa shape index (κ1) is 17.3. The number of amides is 1. The van der Waals surface area contributed by atoms with Crippen LogP contribution in [0.2, 0.25) is 0 Å². The monoisotopic (exact) mass is 333 g/mol. The first-order valence-electron chi connectivity index (χ1n) is 7.96. The van der Waals surface area contributed by atoms with E-state index in [1.54, 1.807) is 5.38 Å². The van der Waals surface area contributed by atoms with Crippen LogP contribution in [0.25, 0.3) is 0 Å². The molecular formula is C17H23N3O2S. The summed E-state index contributed by atoms with van der Waals surface area (Å²) in [6, 6.07) is 7.66. The third kappa shape index (κ3) is 5.56. The van der Waals surface area contributed by atoms with Crippen LogP contribution < -0.4 is 15.4 Å². The quantitative estimate of drug-likeness (QED) is 0.675. The van der Waals surface area contributed by atoms with Crippen LogP contribution in [0.3, 0.4) is 0 Å². The maximum absolute atomic E-state index is 12.0. The second-order valence-corrected chi connectivity index (χ2v) is 5.94. The highest BCUT2D eigenvalue weighted by atomic mass is 32.1. The molecule has 0 spiro atoms. The molecule has 1 heterocycles. The summed E-state index contributed by atoms with van der Waals surface area (Å²) < 4.78 is 5.41. The molecule has 124 valence electrons. The van der Waals surface area contributed by atoms with Gasteiger partial charge in [0.15, 0.2) is 5.13 Å². The zero-order valence-electron chi connectivity index (χ0n) is 13.6. The molecule has 6 heteroatoms. The molecule has 2 N–H and O–H groups in total. The Bertz CT molecular complexity index is 611. The molecule has 23 heavy (non-hydrogen) atoms. The first-order chi connectivity index (χ1) is 11.2. The molecule has 0 aliphatic heterocycles. The smallest absolute Gasteiger partial charge is 0.270 e. The van der Waals surface area contributed by atoms with Crippen LogP contribution in [0.15, 0.2) is 29.6 Å². The van der Waals surface area contributed by atoms with E-state index in [2.05, 4.69) is 22.5 Å². The van der Waals surface area contributed by atoms with Crippen LogP contribution >= 0.6 is 11.3 Å². The van der Waals surface area contributed by atoms with Crippen molar-refractivity contribution in [3.63, 3.8) is 0 Å². The summed E-state index contributed by atoms with van der Waals surface area (Å²) in [5.74, 6) is 0.724. The van der Waals surface area contributed by atoms with E-state index in [0.29, 0.717) is 24.0 Å². The second-order valence-electron chi connectivity index (χ2n) is 5.08. The zero-order chi connectivity index (χ0) is 16.5. The molecule has 1 amide bonds. The van der Waals surface area contributed by atoms with Gasteiger partial charge in [0, 0.05) is 17.6 Å². The van der Waals surface area contributed by atoms with Crippen molar-refractivity contribution in [3.8, 4) is 5.75 Å². The van der Waals surface area contributed by atoms with Gasteiger partial charge in [0.1, 0.15) is 11.4 Å². The lowest BCUT2D eigenvalue weighted by Gasteiger charge is -2.05. The van der Waals surface area contributed by atoms with Crippen molar-refractivity contribution in [2.45, 2.75) is 33.1 Å². The molecule has 2 rings (SSSR count). The lowest BCUT2D eigenvalue weighted by atomic mass is 10.2. The van der Waals surface area contributed by atoms with Crippen molar-refractivity contribution in [2.24, 2.45) is 0 Å². The van der Waals surface area contributed by atoms with Crippen molar-refractivity contribution in [1.82, 2.24) is 10.3 Å². The molecule has 0 aliphatic rings. The molecule has 2 aromatic rings. The van der Waals surface area contributed by atoms with Gasteiger partial charge in [-0.3, -0.25) is 4.79 Å². The average Bonchev–Trinajstić information content (AvgIpc) is 3.02. The van der Waals surface area contributed by atoms with E-state index in [9.17, 15) is 4.79 Å². The van der Waals surface area contributed by atoms with Gasteiger partial charge in [0.05, 0.1) is 6.61 Å². The van der Waals surface area contributed by atoms with E-state index < -0.39 is 0 Å². The van der Waals surface area contributed by atoms with E-state index >= 15 is 0 Å². The first-order valence-corrected chi connectivity index (χ1v) is 8.84. The minimum absolute atomic E-state index is 0.114. The highest BCUT2D eigenvalue weighted by Crippen LogP contribution is 2.23. The predicted molar refractivity (Wildman–Crippen MR) is 94.9 cm³/mol. The van der Waals surface area contributed by atoms with E-state index in [4.69, 9.17) is 4.74 Å². The van der Waals surface area contributed by atoms with Crippen molar-refractivity contribution < 1.29 is 9.53 Å². The fourth-order valence-corrected chi connectivity index (χ4v) is 2.74. The van der Waals surface area contributed by atoms with Crippen LogP contribution in [0.1, 0.15) is 43.6 Å². The SMILES string of the molecule is CCCCCNC(=O)c1csc(Nc2ccc(OCC)cc2)n1. The summed E-state index contributed by atoms with van der Waals surface area (Å²) in [7, 11) is 0. The standard InChI is InChI=1S/C17H23N3O2S/c1-3-5-6-11-18-16(21)15-12-23-17(20-15)19-13-7-9-14(10-8-13)22-4-2/h7-10,12H,3-6,11H2,1-2H3,(H,18,21)(H,19,20). The highest BCUT2D eigenvalue weighted by Gasteiger charge is 2.10. The normalized spacial score (nSPS) is 10.3. The molecule has 0 radical (unpaired) electrons. The summed E-state index contributed by atoms with van der Waals surface area (Å²) in [6.45, 7) is 5.44. The predicted octanol–water partition coefficient (Wildman–Crippen LogP) is 4.21. The fraction of sp³-hybridized carbons (Fsp3) is 0.412. The lowest BCUT2D eigenvalue weighted by molar-refractivity contribution is 0.0949. The van der Waals surface area contributed by atoms with Crippen LogP contribution in [-0.4, -0.2) is 24.0 Å². The topological polar surface area (TPSA) is 63.2 Å². The van der Waals surface area contributed by atoms with Crippen LogP contribution in [0, 0.1) is 0 Å². The number of unbranched alkanes of at least 4 members (excludes halogenated alkanes) is 2. The van der Waals surface area contributed by atoms with Crippen molar-refractivity contribution in [1.29, 1.82) is 0 Å². The van der Waals surface area contributed by atoms with Crippen LogP contribution in [0.5, 0.6) is 5.75 Å². The molecular weight excluding hydrogens is 310 g/mol.